The summed E-state index contributed by atoms with van der Waals surface area (Å²) in [5.74, 6) is 0. The van der Waals surface area contributed by atoms with Crippen LogP contribution in [-0.2, 0) is 0 Å². The number of halogens is 2. The molecule has 0 atom stereocenters. The number of oxime groups is 1. The topological polar surface area (TPSA) is 45.0 Å². The highest BCUT2D eigenvalue weighted by Crippen LogP contribution is 2.34. The summed E-state index contributed by atoms with van der Waals surface area (Å²) in [5, 5.41) is 12.9. The number of rotatable bonds is 5. The second-order valence-corrected chi connectivity index (χ2v) is 6.65. The third-order valence-electron chi connectivity index (χ3n) is 3.79. The van der Waals surface area contributed by atoms with Crippen molar-refractivity contribution >= 4 is 39.7 Å². The second-order valence-electron chi connectivity index (χ2n) is 5.84. The van der Waals surface area contributed by atoms with Gasteiger partial charge in [-0.25, -0.2) is 4.99 Å². The van der Waals surface area contributed by atoms with Gasteiger partial charge in [-0.15, -0.1) is 0 Å². The summed E-state index contributed by atoms with van der Waals surface area (Å²) in [5.41, 5.74) is 4.74. The maximum absolute atomic E-state index is 8.71. The molecule has 1 aliphatic rings. The van der Waals surface area contributed by atoms with Crippen LogP contribution in [0.1, 0.15) is 25.8 Å². The number of benzene rings is 1. The molecule has 1 aromatic carbocycles. The van der Waals surface area contributed by atoms with E-state index >= 15 is 0 Å². The fourth-order valence-electron chi connectivity index (χ4n) is 2.40. The largest absolute Gasteiger partial charge is 0.411 e. The standard InChI is InChI=1S/C21H20Cl2N2O/c1-14(15(2)12-16(3)25-26)8-7-11-18-13-19(22)20(21(23)24-18)17-9-5-4-6-10-17/h4-12,26H,1,13H2,2-3H3/b8-7+,15-12+,18-11+,25-16-. The predicted octanol–water partition coefficient (Wildman–Crippen LogP) is 6.47. The maximum atomic E-state index is 8.71. The molecule has 26 heavy (non-hydrogen) atoms. The van der Waals surface area contributed by atoms with E-state index in [1.54, 1.807) is 13.0 Å². The van der Waals surface area contributed by atoms with E-state index in [1.165, 1.54) is 0 Å². The van der Waals surface area contributed by atoms with E-state index in [2.05, 4.69) is 16.7 Å². The quantitative estimate of drug-likeness (QED) is 0.268. The highest BCUT2D eigenvalue weighted by molar-refractivity contribution is 6.77. The van der Waals surface area contributed by atoms with E-state index in [1.807, 2.05) is 55.5 Å². The van der Waals surface area contributed by atoms with E-state index in [0.29, 0.717) is 22.3 Å². The average Bonchev–Trinajstić information content (AvgIpc) is 2.61. The number of hydrogen-bond donors (Lipinski definition) is 1. The zero-order valence-electron chi connectivity index (χ0n) is 14.7. The van der Waals surface area contributed by atoms with Crippen LogP contribution in [0.3, 0.4) is 0 Å². The van der Waals surface area contributed by atoms with Gasteiger partial charge in [-0.1, -0.05) is 77.4 Å². The van der Waals surface area contributed by atoms with Crippen LogP contribution in [-0.4, -0.2) is 16.1 Å². The predicted molar refractivity (Wildman–Crippen MR) is 112 cm³/mol. The molecule has 0 aromatic heterocycles. The van der Waals surface area contributed by atoms with Gasteiger partial charge in [0.15, 0.2) is 0 Å². The summed E-state index contributed by atoms with van der Waals surface area (Å²) in [7, 11) is 0. The molecule has 0 aliphatic carbocycles. The van der Waals surface area contributed by atoms with Crippen molar-refractivity contribution in [2.24, 2.45) is 10.1 Å². The number of hydrogen-bond acceptors (Lipinski definition) is 3. The molecule has 0 bridgehead atoms. The van der Waals surface area contributed by atoms with Crippen molar-refractivity contribution in [3.8, 4) is 0 Å². The molecule has 1 heterocycles. The summed E-state index contributed by atoms with van der Waals surface area (Å²) in [6.45, 7) is 7.59. The first kappa shape index (κ1) is 20.0. The monoisotopic (exact) mass is 386 g/mol. The van der Waals surface area contributed by atoms with Crippen LogP contribution in [0.2, 0.25) is 0 Å². The summed E-state index contributed by atoms with van der Waals surface area (Å²) in [6, 6.07) is 9.74. The zero-order chi connectivity index (χ0) is 19.1. The minimum absolute atomic E-state index is 0.386. The Kier molecular flexibility index (Phi) is 7.19. The minimum Gasteiger partial charge on any atom is -0.411 e. The van der Waals surface area contributed by atoms with E-state index < -0.39 is 0 Å². The van der Waals surface area contributed by atoms with Crippen LogP contribution in [0, 0.1) is 0 Å². The molecule has 0 spiro atoms. The fourth-order valence-corrected chi connectivity index (χ4v) is 3.11. The van der Waals surface area contributed by atoms with Crippen LogP contribution in [0.15, 0.2) is 93.2 Å². The van der Waals surface area contributed by atoms with Gasteiger partial charge >= 0.3 is 0 Å². The van der Waals surface area contributed by atoms with Crippen molar-refractivity contribution in [1.82, 2.24) is 0 Å². The Morgan fingerprint density at radius 1 is 1.23 bits per heavy atom. The van der Waals surface area contributed by atoms with Gasteiger partial charge in [-0.05, 0) is 42.7 Å². The van der Waals surface area contributed by atoms with Gasteiger partial charge in [0.1, 0.15) is 5.17 Å². The molecule has 1 aromatic rings. The lowest BCUT2D eigenvalue weighted by molar-refractivity contribution is 0.319. The molecule has 2 rings (SSSR count). The Morgan fingerprint density at radius 3 is 2.54 bits per heavy atom. The molecule has 1 aliphatic heterocycles. The molecule has 0 saturated heterocycles. The molecular weight excluding hydrogens is 367 g/mol. The molecule has 134 valence electrons. The van der Waals surface area contributed by atoms with Gasteiger partial charge in [0.05, 0.1) is 5.71 Å². The Labute approximate surface area is 164 Å². The Bertz CT molecular complexity index is 873. The van der Waals surface area contributed by atoms with Gasteiger partial charge in [-0.3, -0.25) is 0 Å². The van der Waals surface area contributed by atoms with Crippen LogP contribution in [0.4, 0.5) is 0 Å². The van der Waals surface area contributed by atoms with Gasteiger partial charge in [0, 0.05) is 22.7 Å². The molecule has 0 fully saturated rings. The molecule has 0 radical (unpaired) electrons. The van der Waals surface area contributed by atoms with Gasteiger partial charge in [0.2, 0.25) is 0 Å². The Hall–Kier alpha value is -2.36. The summed E-state index contributed by atoms with van der Waals surface area (Å²) < 4.78 is 0. The summed E-state index contributed by atoms with van der Waals surface area (Å²) >= 11 is 12.8. The van der Waals surface area contributed by atoms with Crippen LogP contribution >= 0.6 is 23.2 Å². The highest BCUT2D eigenvalue weighted by atomic mass is 35.5. The fraction of sp³-hybridized carbons (Fsp3) is 0.143. The summed E-state index contributed by atoms with van der Waals surface area (Å²) in [4.78, 5) is 4.45. The SMILES string of the molecule is C=C(/C=C/C=C1\CC(Cl)=C(c2ccccc2)C(Cl)=N1)/C(C)=C/C(C)=N\O. The lowest BCUT2D eigenvalue weighted by atomic mass is 10.0. The normalized spacial score (nSPS) is 17.8. The van der Waals surface area contributed by atoms with Crippen molar-refractivity contribution in [2.45, 2.75) is 20.3 Å². The molecule has 0 amide bonds. The molecule has 0 saturated carbocycles. The third-order valence-corrected chi connectivity index (χ3v) is 4.39. The zero-order valence-corrected chi connectivity index (χ0v) is 16.2. The van der Waals surface area contributed by atoms with E-state index in [-0.39, 0.29) is 0 Å². The number of allylic oxidation sites excluding steroid dienone is 8. The Balaban J connectivity index is 2.14. The van der Waals surface area contributed by atoms with Crippen molar-refractivity contribution in [3.05, 3.63) is 88.7 Å². The van der Waals surface area contributed by atoms with E-state index in [0.717, 1.165) is 28.0 Å². The molecular formula is C21H20Cl2N2O. The van der Waals surface area contributed by atoms with Gasteiger partial charge in [0.25, 0.3) is 0 Å². The van der Waals surface area contributed by atoms with Gasteiger partial charge < -0.3 is 5.21 Å². The smallest absolute Gasteiger partial charge is 0.138 e. The first-order valence-electron chi connectivity index (χ1n) is 8.04. The first-order valence-corrected chi connectivity index (χ1v) is 8.80. The van der Waals surface area contributed by atoms with Crippen LogP contribution in [0.25, 0.3) is 5.57 Å². The lowest BCUT2D eigenvalue weighted by Crippen LogP contribution is -2.03. The Morgan fingerprint density at radius 2 is 1.92 bits per heavy atom. The van der Waals surface area contributed by atoms with Crippen molar-refractivity contribution in [1.29, 1.82) is 0 Å². The van der Waals surface area contributed by atoms with Crippen LogP contribution < -0.4 is 0 Å². The van der Waals surface area contributed by atoms with E-state index in [4.69, 9.17) is 28.4 Å². The number of dihydropyridines is 1. The van der Waals surface area contributed by atoms with E-state index in [9.17, 15) is 0 Å². The molecule has 3 nitrogen and oxygen atoms in total. The molecule has 1 N–H and O–H groups in total. The maximum Gasteiger partial charge on any atom is 0.138 e. The third kappa shape index (κ3) is 5.32. The second kappa shape index (κ2) is 9.37. The highest BCUT2D eigenvalue weighted by Gasteiger charge is 2.18. The van der Waals surface area contributed by atoms with Crippen molar-refractivity contribution in [2.75, 3.05) is 0 Å². The first-order chi connectivity index (χ1) is 12.4. The minimum atomic E-state index is 0.386. The summed E-state index contributed by atoms with van der Waals surface area (Å²) in [6.07, 6.45) is 7.84. The van der Waals surface area contributed by atoms with Crippen LogP contribution in [0.5, 0.6) is 0 Å². The van der Waals surface area contributed by atoms with Crippen molar-refractivity contribution < 1.29 is 5.21 Å². The average molecular weight is 387 g/mol. The van der Waals surface area contributed by atoms with Crippen molar-refractivity contribution in [3.63, 3.8) is 0 Å². The number of nitrogens with zero attached hydrogens (tertiary/aromatic N) is 2. The molecule has 0 unspecified atom stereocenters. The lowest BCUT2D eigenvalue weighted by Gasteiger charge is -2.15. The molecule has 5 heteroatoms. The van der Waals surface area contributed by atoms with Gasteiger partial charge in [-0.2, -0.15) is 0 Å². The number of aliphatic imine (C=N–C) groups is 1.